The van der Waals surface area contributed by atoms with Crippen LogP contribution in [0.15, 0.2) is 0 Å². The minimum atomic E-state index is -0.992. The van der Waals surface area contributed by atoms with Crippen LogP contribution in [0, 0.1) is 11.8 Å². The smallest absolute Gasteiger partial charge is 0.316 e. The van der Waals surface area contributed by atoms with Gasteiger partial charge in [0, 0.05) is 12.8 Å². The van der Waals surface area contributed by atoms with Crippen molar-refractivity contribution in [3.8, 4) is 0 Å². The number of ether oxygens (including phenoxy) is 4. The van der Waals surface area contributed by atoms with Crippen LogP contribution in [-0.4, -0.2) is 56.1 Å². The summed E-state index contributed by atoms with van der Waals surface area (Å²) in [7, 11) is 0. The lowest BCUT2D eigenvalue weighted by atomic mass is 9.85. The van der Waals surface area contributed by atoms with Gasteiger partial charge in [-0.15, -0.1) is 0 Å². The molecule has 0 heterocycles. The van der Waals surface area contributed by atoms with Crippen LogP contribution in [0.2, 0.25) is 0 Å². The molecule has 38 heavy (non-hydrogen) atoms. The van der Waals surface area contributed by atoms with Gasteiger partial charge in [0.05, 0.1) is 26.4 Å². The van der Waals surface area contributed by atoms with Gasteiger partial charge in [0.25, 0.3) is 0 Å². The summed E-state index contributed by atoms with van der Waals surface area (Å²) in [6, 6.07) is 0. The molecule has 0 aliphatic rings. The number of hydrogen-bond donors (Lipinski definition) is 0. The van der Waals surface area contributed by atoms with Crippen molar-refractivity contribution in [1.82, 2.24) is 0 Å². The van der Waals surface area contributed by atoms with Gasteiger partial charge in [-0.3, -0.25) is 24.0 Å². The van der Waals surface area contributed by atoms with Crippen LogP contribution >= 0.6 is 0 Å². The molecular weight excluding hydrogens is 492 g/mol. The second-order valence-electron chi connectivity index (χ2n) is 9.23. The molecule has 9 nitrogen and oxygen atoms in total. The van der Waals surface area contributed by atoms with E-state index in [2.05, 4.69) is 0 Å². The molecule has 0 spiro atoms. The highest BCUT2D eigenvalue weighted by Crippen LogP contribution is 2.23. The van der Waals surface area contributed by atoms with Gasteiger partial charge in [-0.25, -0.2) is 0 Å². The zero-order valence-corrected chi connectivity index (χ0v) is 24.1. The Morgan fingerprint density at radius 2 is 0.763 bits per heavy atom. The molecule has 0 aromatic heterocycles. The van der Waals surface area contributed by atoms with Gasteiger partial charge in [0.15, 0.2) is 5.78 Å². The summed E-state index contributed by atoms with van der Waals surface area (Å²) in [6.07, 6.45) is 9.29. The van der Waals surface area contributed by atoms with E-state index in [1.807, 2.05) is 0 Å². The van der Waals surface area contributed by atoms with Crippen molar-refractivity contribution in [3.63, 3.8) is 0 Å². The molecule has 220 valence electrons. The maximum absolute atomic E-state index is 13.4. The molecular formula is C29H50O9. The average molecular weight is 543 g/mol. The first kappa shape index (κ1) is 35.5. The van der Waals surface area contributed by atoms with Crippen molar-refractivity contribution in [2.75, 3.05) is 26.4 Å². The summed E-state index contributed by atoms with van der Waals surface area (Å²) in [5.41, 5.74) is 0. The monoisotopic (exact) mass is 542 g/mol. The molecule has 9 heteroatoms. The number of carbonyl (C=O) groups is 5. The van der Waals surface area contributed by atoms with Crippen LogP contribution in [0.25, 0.3) is 0 Å². The third kappa shape index (κ3) is 17.1. The third-order valence-corrected chi connectivity index (χ3v) is 6.19. The minimum Gasteiger partial charge on any atom is -0.466 e. The molecule has 0 amide bonds. The van der Waals surface area contributed by atoms with Gasteiger partial charge in [0.2, 0.25) is 0 Å². The predicted molar refractivity (Wildman–Crippen MR) is 143 cm³/mol. The van der Waals surface area contributed by atoms with E-state index in [4.69, 9.17) is 18.9 Å². The molecule has 0 radical (unpaired) electrons. The van der Waals surface area contributed by atoms with Gasteiger partial charge >= 0.3 is 23.9 Å². The Kier molecular flexibility index (Phi) is 22.1. The molecule has 0 N–H and O–H groups in total. The average Bonchev–Trinajstić information content (AvgIpc) is 2.87. The van der Waals surface area contributed by atoms with Crippen molar-refractivity contribution >= 4 is 29.7 Å². The van der Waals surface area contributed by atoms with E-state index >= 15 is 0 Å². The largest absolute Gasteiger partial charge is 0.466 e. The first-order chi connectivity index (χ1) is 18.3. The van der Waals surface area contributed by atoms with Crippen molar-refractivity contribution in [1.29, 1.82) is 0 Å². The molecule has 2 atom stereocenters. The molecule has 0 saturated heterocycles. The lowest BCUT2D eigenvalue weighted by molar-refractivity contribution is -0.158. The van der Waals surface area contributed by atoms with Crippen LogP contribution in [0.3, 0.4) is 0 Å². The number of unbranched alkanes of at least 4 members (excludes halogenated alkanes) is 8. The van der Waals surface area contributed by atoms with Crippen LogP contribution in [-0.2, 0) is 42.9 Å². The number of esters is 4. The van der Waals surface area contributed by atoms with E-state index in [9.17, 15) is 24.0 Å². The SMILES string of the molecule is CCOC(=O)CCCCCCCC(C(=O)OCC)C(=O)C(CCCCCCCC(=O)OCC)C(=O)OCC. The lowest BCUT2D eigenvalue weighted by Gasteiger charge is -2.20. The molecule has 0 fully saturated rings. The first-order valence-electron chi connectivity index (χ1n) is 14.5. The van der Waals surface area contributed by atoms with E-state index in [-0.39, 0.29) is 25.2 Å². The van der Waals surface area contributed by atoms with Crippen molar-refractivity contribution in [3.05, 3.63) is 0 Å². The lowest BCUT2D eigenvalue weighted by Crippen LogP contribution is -2.36. The van der Waals surface area contributed by atoms with Gasteiger partial charge < -0.3 is 18.9 Å². The van der Waals surface area contributed by atoms with Crippen LogP contribution in [0.4, 0.5) is 0 Å². The Bertz CT molecular complexity index is 634. The molecule has 0 aromatic carbocycles. The van der Waals surface area contributed by atoms with Gasteiger partial charge in [0.1, 0.15) is 11.8 Å². The summed E-state index contributed by atoms with van der Waals surface area (Å²) in [6.45, 7) is 8.02. The Hall–Kier alpha value is -2.45. The topological polar surface area (TPSA) is 122 Å². The zero-order chi connectivity index (χ0) is 28.6. The van der Waals surface area contributed by atoms with Crippen LogP contribution in [0.5, 0.6) is 0 Å². The molecule has 0 rings (SSSR count). The fourth-order valence-electron chi connectivity index (χ4n) is 4.24. The third-order valence-electron chi connectivity index (χ3n) is 6.19. The molecule has 2 unspecified atom stereocenters. The molecule has 0 bridgehead atoms. The van der Waals surface area contributed by atoms with E-state index in [1.165, 1.54) is 0 Å². The highest BCUT2D eigenvalue weighted by Gasteiger charge is 2.37. The quantitative estimate of drug-likeness (QED) is 0.0673. The molecule has 0 saturated carbocycles. The Balaban J connectivity index is 4.79. The zero-order valence-electron chi connectivity index (χ0n) is 24.1. The van der Waals surface area contributed by atoms with E-state index in [0.29, 0.717) is 51.7 Å². The first-order valence-corrected chi connectivity index (χ1v) is 14.5. The maximum atomic E-state index is 13.4. The Labute approximate surface area is 228 Å². The predicted octanol–water partition coefficient (Wildman–Crippen LogP) is 5.50. The van der Waals surface area contributed by atoms with Gasteiger partial charge in [-0.1, -0.05) is 51.4 Å². The summed E-state index contributed by atoms with van der Waals surface area (Å²) < 4.78 is 20.2. The normalized spacial score (nSPS) is 12.3. The molecule has 0 aliphatic carbocycles. The van der Waals surface area contributed by atoms with E-state index < -0.39 is 29.6 Å². The van der Waals surface area contributed by atoms with Crippen molar-refractivity contribution in [2.45, 2.75) is 118 Å². The molecule has 0 aromatic rings. The van der Waals surface area contributed by atoms with Crippen LogP contribution in [0.1, 0.15) is 118 Å². The summed E-state index contributed by atoms with van der Waals surface area (Å²) in [5, 5.41) is 0. The fraction of sp³-hybridized carbons (Fsp3) is 0.828. The van der Waals surface area contributed by atoms with Crippen molar-refractivity contribution in [2.24, 2.45) is 11.8 Å². The van der Waals surface area contributed by atoms with Crippen molar-refractivity contribution < 1.29 is 42.9 Å². The molecule has 0 aliphatic heterocycles. The van der Waals surface area contributed by atoms with E-state index in [0.717, 1.165) is 51.4 Å². The second kappa shape index (κ2) is 23.7. The standard InChI is InChI=1S/C29H50O9/c1-5-35-25(30)21-17-13-9-11-15-19-23(28(33)37-7-3)27(32)24(29(34)38-8-4)20-16-12-10-14-18-22-26(31)36-6-2/h23-24H,5-22H2,1-4H3. The van der Waals surface area contributed by atoms with Crippen LogP contribution < -0.4 is 0 Å². The minimum absolute atomic E-state index is 0.159. The number of ketones is 1. The number of Topliss-reactive ketones (excluding diaryl/α,β-unsaturated/α-hetero) is 1. The maximum Gasteiger partial charge on any atom is 0.316 e. The van der Waals surface area contributed by atoms with E-state index in [1.54, 1.807) is 27.7 Å². The highest BCUT2D eigenvalue weighted by atomic mass is 16.5. The summed E-state index contributed by atoms with van der Waals surface area (Å²) >= 11 is 0. The Morgan fingerprint density at radius 1 is 0.447 bits per heavy atom. The highest BCUT2D eigenvalue weighted by molar-refractivity contribution is 6.08. The second-order valence-corrected chi connectivity index (χ2v) is 9.23. The summed E-state index contributed by atoms with van der Waals surface area (Å²) in [4.78, 5) is 61.5. The van der Waals surface area contributed by atoms with Gasteiger partial charge in [-0.05, 0) is 53.4 Å². The number of rotatable bonds is 24. The van der Waals surface area contributed by atoms with Gasteiger partial charge in [-0.2, -0.15) is 0 Å². The number of hydrogen-bond acceptors (Lipinski definition) is 9. The summed E-state index contributed by atoms with van der Waals surface area (Å²) in [5.74, 6) is -3.97. The fourth-order valence-corrected chi connectivity index (χ4v) is 4.24. The Morgan fingerprint density at radius 3 is 1.11 bits per heavy atom. The number of carbonyl (C=O) groups excluding carboxylic acids is 5.